The zero-order chi connectivity index (χ0) is 20.6. The molecule has 5 atom stereocenters. The van der Waals surface area contributed by atoms with Gasteiger partial charge in [-0.3, -0.25) is 9.59 Å². The van der Waals surface area contributed by atoms with Crippen LogP contribution in [0.4, 0.5) is 0 Å². The van der Waals surface area contributed by atoms with E-state index in [1.54, 1.807) is 6.07 Å². The van der Waals surface area contributed by atoms with Crippen molar-refractivity contribution in [3.05, 3.63) is 52.2 Å². The van der Waals surface area contributed by atoms with E-state index in [2.05, 4.69) is 0 Å². The van der Waals surface area contributed by atoms with Crippen molar-refractivity contribution in [3.8, 4) is 28.6 Å². The maximum absolute atomic E-state index is 12.2. The Morgan fingerprint density at radius 1 is 1.00 bits per heavy atom. The number of carboxylic acids is 1. The third-order valence-electron chi connectivity index (χ3n) is 6.59. The lowest BCUT2D eigenvalue weighted by atomic mass is 9.75. The minimum atomic E-state index is -0.923. The van der Waals surface area contributed by atoms with Gasteiger partial charge in [0.2, 0.25) is 16.9 Å². The fourth-order valence-electron chi connectivity index (χ4n) is 5.28. The molecular weight excluding hydrogens is 376 g/mol. The van der Waals surface area contributed by atoms with Crippen molar-refractivity contribution in [2.75, 3.05) is 0 Å². The molecule has 1 aromatic rings. The van der Waals surface area contributed by atoms with Gasteiger partial charge in [-0.15, -0.1) is 0 Å². The Kier molecular flexibility index (Phi) is 3.50. The van der Waals surface area contributed by atoms with Crippen LogP contribution in [0, 0.1) is 23.7 Å². The molecule has 1 aliphatic heterocycles. The first kappa shape index (κ1) is 17.6. The fraction of sp³-hybridized carbons (Fsp3) is 0.273. The zero-order valence-corrected chi connectivity index (χ0v) is 15.4. The van der Waals surface area contributed by atoms with E-state index in [0.717, 1.165) is 0 Å². The van der Waals surface area contributed by atoms with Gasteiger partial charge in [-0.05, 0) is 47.6 Å². The molecule has 1 fully saturated rings. The van der Waals surface area contributed by atoms with Crippen LogP contribution in [0.5, 0.6) is 17.2 Å². The van der Waals surface area contributed by atoms with Gasteiger partial charge in [0.25, 0.3) is 0 Å². The SMILES string of the molecule is C[C@@H]1[C@@H]2C=C[C@@H]1[C@H](c1c3ccc(=O)c(O)c-3oc3c(O)c(O)ccc13)[C@@H]2C(=O)O. The first-order valence-electron chi connectivity index (χ1n) is 9.35. The molecule has 2 bridgehead atoms. The largest absolute Gasteiger partial charge is 0.504 e. The Morgan fingerprint density at radius 2 is 1.72 bits per heavy atom. The number of fused-ring (bicyclic) bond motifs is 4. The van der Waals surface area contributed by atoms with E-state index in [-0.39, 0.29) is 29.1 Å². The van der Waals surface area contributed by atoms with Gasteiger partial charge < -0.3 is 24.8 Å². The number of allylic oxidation sites excluding steroid dienone is 2. The summed E-state index contributed by atoms with van der Waals surface area (Å²) in [5, 5.41) is 41.0. The molecule has 0 saturated heterocycles. The van der Waals surface area contributed by atoms with Crippen molar-refractivity contribution in [2.24, 2.45) is 23.7 Å². The second kappa shape index (κ2) is 5.76. The Labute approximate surface area is 164 Å². The number of benzene rings is 2. The van der Waals surface area contributed by atoms with Gasteiger partial charge in [-0.25, -0.2) is 0 Å². The van der Waals surface area contributed by atoms with Crippen LogP contribution in [0.1, 0.15) is 18.4 Å². The normalized spacial score (nSPS) is 27.8. The molecule has 148 valence electrons. The van der Waals surface area contributed by atoms with Crippen molar-refractivity contribution in [1.82, 2.24) is 0 Å². The average Bonchev–Trinajstić information content (AvgIpc) is 3.19. The molecule has 4 aliphatic rings. The molecule has 4 N–H and O–H groups in total. The lowest BCUT2D eigenvalue weighted by Crippen LogP contribution is -2.26. The van der Waals surface area contributed by atoms with E-state index < -0.39 is 40.5 Å². The number of phenols is 3. The van der Waals surface area contributed by atoms with E-state index in [1.165, 1.54) is 18.2 Å². The highest BCUT2D eigenvalue weighted by molar-refractivity contribution is 5.95. The Hall–Kier alpha value is -3.48. The third kappa shape index (κ3) is 2.18. The van der Waals surface area contributed by atoms with Gasteiger partial charge in [0, 0.05) is 16.9 Å². The van der Waals surface area contributed by atoms with Crippen LogP contribution in [0.2, 0.25) is 0 Å². The number of rotatable bonds is 2. The van der Waals surface area contributed by atoms with Gasteiger partial charge in [0.15, 0.2) is 17.1 Å². The van der Waals surface area contributed by atoms with E-state index in [1.807, 2.05) is 19.1 Å². The van der Waals surface area contributed by atoms with Gasteiger partial charge in [0.1, 0.15) is 0 Å². The van der Waals surface area contributed by atoms with Crippen LogP contribution < -0.4 is 5.43 Å². The van der Waals surface area contributed by atoms with Gasteiger partial charge >= 0.3 is 5.97 Å². The summed E-state index contributed by atoms with van der Waals surface area (Å²) < 4.78 is 5.65. The summed E-state index contributed by atoms with van der Waals surface area (Å²) in [4.78, 5) is 24.2. The van der Waals surface area contributed by atoms with Crippen LogP contribution in [0.3, 0.4) is 0 Å². The van der Waals surface area contributed by atoms with Crippen LogP contribution in [0.25, 0.3) is 22.3 Å². The number of hydrogen-bond donors (Lipinski definition) is 4. The summed E-state index contributed by atoms with van der Waals surface area (Å²) in [5.41, 5.74) is 0.256. The number of aliphatic carboxylic acids is 1. The van der Waals surface area contributed by atoms with E-state index in [9.17, 15) is 30.0 Å². The van der Waals surface area contributed by atoms with Crippen molar-refractivity contribution in [1.29, 1.82) is 0 Å². The highest BCUT2D eigenvalue weighted by Crippen LogP contribution is 2.59. The zero-order valence-electron chi connectivity index (χ0n) is 15.4. The molecule has 3 aliphatic carbocycles. The van der Waals surface area contributed by atoms with Gasteiger partial charge in [0.05, 0.1) is 5.92 Å². The molecule has 29 heavy (non-hydrogen) atoms. The number of carboxylic acid groups (broad SMARTS) is 1. The quantitative estimate of drug-likeness (QED) is 0.298. The first-order chi connectivity index (χ1) is 13.8. The standard InChI is InChI=1S/C22H18O7/c1-8-9-2-3-10(8)17(22(27)28)16(9)15-11-4-6-13(23)18(25)20(11)29-21-12(15)5-7-14(24)19(21)26/h2-10,16-17,23,25-26H,1H3,(H,27,28)/t8-,9-,10-,16+,17+/m0/s1. The van der Waals surface area contributed by atoms with Crippen LogP contribution in [-0.2, 0) is 4.79 Å². The Bertz CT molecular complexity index is 1240. The van der Waals surface area contributed by atoms with Crippen LogP contribution in [-0.4, -0.2) is 26.4 Å². The molecule has 5 rings (SSSR count). The summed E-state index contributed by atoms with van der Waals surface area (Å²) in [5.74, 6) is -3.84. The van der Waals surface area contributed by atoms with Crippen LogP contribution >= 0.6 is 0 Å². The molecule has 0 amide bonds. The number of aromatic hydroxyl groups is 3. The monoisotopic (exact) mass is 394 g/mol. The topological polar surface area (TPSA) is 128 Å². The van der Waals surface area contributed by atoms with Crippen LogP contribution in [0.15, 0.2) is 45.6 Å². The fourth-order valence-corrected chi connectivity index (χ4v) is 5.28. The minimum Gasteiger partial charge on any atom is -0.504 e. The second-order valence-corrected chi connectivity index (χ2v) is 7.90. The maximum atomic E-state index is 12.2. The Balaban J connectivity index is 1.93. The summed E-state index contributed by atoms with van der Waals surface area (Å²) in [6.07, 6.45) is 3.96. The second-order valence-electron chi connectivity index (χ2n) is 7.90. The summed E-state index contributed by atoms with van der Waals surface area (Å²) in [6, 6.07) is 5.60. The molecule has 1 aromatic carbocycles. The van der Waals surface area contributed by atoms with Gasteiger partial charge in [-0.1, -0.05) is 19.1 Å². The molecule has 0 spiro atoms. The third-order valence-corrected chi connectivity index (χ3v) is 6.59. The van der Waals surface area contributed by atoms with E-state index in [4.69, 9.17) is 4.42 Å². The van der Waals surface area contributed by atoms with Crippen molar-refractivity contribution < 1.29 is 29.6 Å². The summed E-state index contributed by atoms with van der Waals surface area (Å²) in [6.45, 7) is 2.01. The smallest absolute Gasteiger partial charge is 0.307 e. The lowest BCUT2D eigenvalue weighted by molar-refractivity contribution is -0.143. The average molecular weight is 394 g/mol. The maximum Gasteiger partial charge on any atom is 0.307 e. The first-order valence-corrected chi connectivity index (χ1v) is 9.35. The van der Waals surface area contributed by atoms with Crippen molar-refractivity contribution in [3.63, 3.8) is 0 Å². The van der Waals surface area contributed by atoms with E-state index >= 15 is 0 Å². The molecule has 7 heteroatoms. The molecule has 0 aromatic heterocycles. The molecular formula is C22H18O7. The molecule has 0 unspecified atom stereocenters. The van der Waals surface area contributed by atoms with Gasteiger partial charge in [-0.2, -0.15) is 0 Å². The Morgan fingerprint density at radius 3 is 2.45 bits per heavy atom. The predicted octanol–water partition coefficient (Wildman–Crippen LogP) is 3.25. The van der Waals surface area contributed by atoms with Crippen molar-refractivity contribution >= 4 is 16.9 Å². The highest BCUT2D eigenvalue weighted by Gasteiger charge is 2.54. The summed E-state index contributed by atoms with van der Waals surface area (Å²) in [7, 11) is 0. The lowest BCUT2D eigenvalue weighted by Gasteiger charge is -2.29. The summed E-state index contributed by atoms with van der Waals surface area (Å²) >= 11 is 0. The highest BCUT2D eigenvalue weighted by atomic mass is 16.4. The predicted molar refractivity (Wildman–Crippen MR) is 103 cm³/mol. The molecule has 7 nitrogen and oxygen atoms in total. The van der Waals surface area contributed by atoms with E-state index in [0.29, 0.717) is 16.5 Å². The number of hydrogen-bond acceptors (Lipinski definition) is 6. The number of phenolic OH excluding ortho intramolecular Hbond substituents is 3. The molecule has 1 saturated carbocycles. The molecule has 0 radical (unpaired) electrons. The van der Waals surface area contributed by atoms with Crippen molar-refractivity contribution in [2.45, 2.75) is 12.8 Å². The number of carbonyl (C=O) groups is 1. The molecule has 1 heterocycles. The minimum absolute atomic E-state index is 0.0556.